The van der Waals surface area contributed by atoms with E-state index in [4.69, 9.17) is 0 Å². The molecule has 2 aromatic heterocycles. The Morgan fingerprint density at radius 3 is 2.43 bits per heavy atom. The minimum absolute atomic E-state index is 0.162. The van der Waals surface area contributed by atoms with Crippen LogP contribution >= 0.6 is 0 Å². The first kappa shape index (κ1) is 19.6. The molecule has 0 fully saturated rings. The predicted octanol–water partition coefficient (Wildman–Crippen LogP) is 5.23. The standard InChI is InChI=1S/C25H22FN3O/c1-17-5-11-22(12-6-17)29-18(2)23(14-24(29)20-7-9-21(26)10-8-20)25(30)28-16-19-4-3-13-27-15-19/h3-15H,16H2,1-2H3,(H,28,30). The van der Waals surface area contributed by atoms with Gasteiger partial charge in [0.1, 0.15) is 5.82 Å². The fraction of sp³-hybridized carbons (Fsp3) is 0.120. The van der Waals surface area contributed by atoms with Crippen molar-refractivity contribution in [1.29, 1.82) is 0 Å². The van der Waals surface area contributed by atoms with E-state index in [1.807, 2.05) is 60.9 Å². The van der Waals surface area contributed by atoms with Crippen LogP contribution in [0.5, 0.6) is 0 Å². The second kappa shape index (κ2) is 8.33. The van der Waals surface area contributed by atoms with Gasteiger partial charge in [-0.3, -0.25) is 9.78 Å². The van der Waals surface area contributed by atoms with Gasteiger partial charge in [0, 0.05) is 30.3 Å². The number of hydrogen-bond acceptors (Lipinski definition) is 2. The fourth-order valence-electron chi connectivity index (χ4n) is 3.48. The van der Waals surface area contributed by atoms with Gasteiger partial charge in [-0.1, -0.05) is 23.8 Å². The first-order valence-electron chi connectivity index (χ1n) is 9.75. The van der Waals surface area contributed by atoms with Crippen LogP contribution in [0.25, 0.3) is 16.9 Å². The molecule has 0 aliphatic carbocycles. The number of nitrogens with zero attached hydrogens (tertiary/aromatic N) is 2. The number of halogens is 1. The Morgan fingerprint density at radius 2 is 1.77 bits per heavy atom. The normalized spacial score (nSPS) is 10.8. The van der Waals surface area contributed by atoms with Crippen LogP contribution in [-0.4, -0.2) is 15.5 Å². The van der Waals surface area contributed by atoms with E-state index < -0.39 is 0 Å². The lowest BCUT2D eigenvalue weighted by molar-refractivity contribution is 0.0950. The lowest BCUT2D eigenvalue weighted by Crippen LogP contribution is -2.23. The average molecular weight is 399 g/mol. The Balaban J connectivity index is 1.74. The number of rotatable bonds is 5. The Hall–Kier alpha value is -3.73. The summed E-state index contributed by atoms with van der Waals surface area (Å²) >= 11 is 0. The zero-order valence-electron chi connectivity index (χ0n) is 16.9. The maximum Gasteiger partial charge on any atom is 0.253 e. The van der Waals surface area contributed by atoms with E-state index in [1.165, 1.54) is 12.1 Å². The van der Waals surface area contributed by atoms with Crippen molar-refractivity contribution in [3.63, 3.8) is 0 Å². The van der Waals surface area contributed by atoms with Gasteiger partial charge in [0.2, 0.25) is 0 Å². The highest BCUT2D eigenvalue weighted by Gasteiger charge is 2.19. The number of benzene rings is 2. The summed E-state index contributed by atoms with van der Waals surface area (Å²) in [4.78, 5) is 17.0. The van der Waals surface area contributed by atoms with Crippen LogP contribution in [0.4, 0.5) is 4.39 Å². The maximum atomic E-state index is 13.5. The van der Waals surface area contributed by atoms with Crippen molar-refractivity contribution in [3.05, 3.63) is 107 Å². The highest BCUT2D eigenvalue weighted by Crippen LogP contribution is 2.30. The largest absolute Gasteiger partial charge is 0.348 e. The van der Waals surface area contributed by atoms with Crippen molar-refractivity contribution in [1.82, 2.24) is 14.9 Å². The smallest absolute Gasteiger partial charge is 0.253 e. The van der Waals surface area contributed by atoms with E-state index in [0.29, 0.717) is 12.1 Å². The number of carbonyl (C=O) groups excluding carboxylic acids is 1. The van der Waals surface area contributed by atoms with Crippen molar-refractivity contribution in [2.24, 2.45) is 0 Å². The quantitative estimate of drug-likeness (QED) is 0.500. The van der Waals surface area contributed by atoms with Gasteiger partial charge in [-0.15, -0.1) is 0 Å². The molecule has 0 saturated carbocycles. The topological polar surface area (TPSA) is 46.9 Å². The van der Waals surface area contributed by atoms with E-state index >= 15 is 0 Å². The average Bonchev–Trinajstić information content (AvgIpc) is 3.11. The van der Waals surface area contributed by atoms with Crippen LogP contribution in [0.1, 0.15) is 27.2 Å². The molecule has 1 amide bonds. The summed E-state index contributed by atoms with van der Waals surface area (Å²) < 4.78 is 15.5. The Morgan fingerprint density at radius 1 is 1.03 bits per heavy atom. The number of pyridine rings is 1. The molecule has 0 spiro atoms. The number of aromatic nitrogens is 2. The third kappa shape index (κ3) is 4.01. The van der Waals surface area contributed by atoms with Crippen LogP contribution in [0.15, 0.2) is 79.1 Å². The molecule has 1 N–H and O–H groups in total. The summed E-state index contributed by atoms with van der Waals surface area (Å²) in [5, 5.41) is 2.97. The van der Waals surface area contributed by atoms with Crippen molar-refractivity contribution in [3.8, 4) is 16.9 Å². The molecule has 0 unspecified atom stereocenters. The van der Waals surface area contributed by atoms with Crippen LogP contribution in [0.3, 0.4) is 0 Å². The monoisotopic (exact) mass is 399 g/mol. The fourth-order valence-corrected chi connectivity index (χ4v) is 3.48. The molecule has 30 heavy (non-hydrogen) atoms. The van der Waals surface area contributed by atoms with Crippen molar-refractivity contribution in [2.45, 2.75) is 20.4 Å². The molecule has 0 aliphatic rings. The predicted molar refractivity (Wildman–Crippen MR) is 116 cm³/mol. The molecule has 0 radical (unpaired) electrons. The van der Waals surface area contributed by atoms with E-state index in [2.05, 4.69) is 10.3 Å². The molecule has 0 bridgehead atoms. The SMILES string of the molecule is Cc1ccc(-n2c(-c3ccc(F)cc3)cc(C(=O)NCc3cccnc3)c2C)cc1. The van der Waals surface area contributed by atoms with Crippen LogP contribution < -0.4 is 5.32 Å². The third-order valence-corrected chi connectivity index (χ3v) is 5.10. The Bertz CT molecular complexity index is 1160. The van der Waals surface area contributed by atoms with Gasteiger partial charge in [-0.2, -0.15) is 0 Å². The second-order valence-corrected chi connectivity index (χ2v) is 7.25. The lowest BCUT2D eigenvalue weighted by Gasteiger charge is -2.13. The van der Waals surface area contributed by atoms with E-state index in [-0.39, 0.29) is 11.7 Å². The minimum Gasteiger partial charge on any atom is -0.348 e. The van der Waals surface area contributed by atoms with Crippen molar-refractivity contribution >= 4 is 5.91 Å². The summed E-state index contributed by atoms with van der Waals surface area (Å²) in [6.45, 7) is 4.35. The van der Waals surface area contributed by atoms with Crippen molar-refractivity contribution < 1.29 is 9.18 Å². The number of nitrogens with one attached hydrogen (secondary N) is 1. The molecule has 4 nitrogen and oxygen atoms in total. The van der Waals surface area contributed by atoms with Crippen LogP contribution in [0.2, 0.25) is 0 Å². The summed E-state index contributed by atoms with van der Waals surface area (Å²) in [5.41, 5.74) is 6.11. The zero-order chi connectivity index (χ0) is 21.1. The van der Waals surface area contributed by atoms with E-state index in [9.17, 15) is 9.18 Å². The molecule has 0 atom stereocenters. The summed E-state index contributed by atoms with van der Waals surface area (Å²) in [6.07, 6.45) is 3.43. The number of aryl methyl sites for hydroxylation is 1. The summed E-state index contributed by atoms with van der Waals surface area (Å²) in [5.74, 6) is -0.455. The van der Waals surface area contributed by atoms with Crippen molar-refractivity contribution in [2.75, 3.05) is 0 Å². The molecule has 150 valence electrons. The first-order valence-corrected chi connectivity index (χ1v) is 9.75. The number of carbonyl (C=O) groups is 1. The van der Waals surface area contributed by atoms with Gasteiger partial charge in [0.25, 0.3) is 5.91 Å². The van der Waals surface area contributed by atoms with Gasteiger partial charge < -0.3 is 9.88 Å². The van der Waals surface area contributed by atoms with Gasteiger partial charge in [0.15, 0.2) is 0 Å². The molecule has 4 rings (SSSR count). The highest BCUT2D eigenvalue weighted by atomic mass is 19.1. The highest BCUT2D eigenvalue weighted by molar-refractivity contribution is 5.97. The molecule has 2 heterocycles. The minimum atomic E-state index is -0.293. The summed E-state index contributed by atoms with van der Waals surface area (Å²) in [6, 6.07) is 20.0. The molecule has 5 heteroatoms. The second-order valence-electron chi connectivity index (χ2n) is 7.25. The molecule has 0 aliphatic heterocycles. The van der Waals surface area contributed by atoms with Gasteiger partial charge in [-0.05, 0) is 73.5 Å². The lowest BCUT2D eigenvalue weighted by atomic mass is 10.1. The van der Waals surface area contributed by atoms with Gasteiger partial charge >= 0.3 is 0 Å². The number of amides is 1. The first-order chi connectivity index (χ1) is 14.5. The molecule has 4 aromatic rings. The van der Waals surface area contributed by atoms with Crippen LogP contribution in [-0.2, 0) is 6.54 Å². The van der Waals surface area contributed by atoms with E-state index in [1.54, 1.807) is 24.5 Å². The Kier molecular flexibility index (Phi) is 5.44. The molecular weight excluding hydrogens is 377 g/mol. The Labute approximate surface area is 175 Å². The zero-order valence-corrected chi connectivity index (χ0v) is 16.9. The molecule has 0 saturated heterocycles. The molecular formula is C25H22FN3O. The van der Waals surface area contributed by atoms with Gasteiger partial charge in [-0.25, -0.2) is 4.39 Å². The number of hydrogen-bond donors (Lipinski definition) is 1. The summed E-state index contributed by atoms with van der Waals surface area (Å²) in [7, 11) is 0. The maximum absolute atomic E-state index is 13.5. The van der Waals surface area contributed by atoms with Gasteiger partial charge in [0.05, 0.1) is 11.3 Å². The van der Waals surface area contributed by atoms with E-state index in [0.717, 1.165) is 33.8 Å². The molecule has 2 aromatic carbocycles. The van der Waals surface area contributed by atoms with Crippen LogP contribution in [0, 0.1) is 19.7 Å². The third-order valence-electron chi connectivity index (χ3n) is 5.10.